The summed E-state index contributed by atoms with van der Waals surface area (Å²) in [6.07, 6.45) is -0.754. The van der Waals surface area contributed by atoms with Crippen LogP contribution in [0.3, 0.4) is 0 Å². The molecule has 0 bridgehead atoms. The lowest BCUT2D eigenvalue weighted by Crippen LogP contribution is -2.43. The van der Waals surface area contributed by atoms with E-state index in [2.05, 4.69) is 0 Å². The molecule has 0 aliphatic carbocycles. The van der Waals surface area contributed by atoms with Crippen molar-refractivity contribution < 1.29 is 22.9 Å². The van der Waals surface area contributed by atoms with Gasteiger partial charge >= 0.3 is 0 Å². The summed E-state index contributed by atoms with van der Waals surface area (Å²) in [7, 11) is -1.63. The summed E-state index contributed by atoms with van der Waals surface area (Å²) >= 11 is 12.6. The average molecular weight is 490 g/mol. The third-order valence-electron chi connectivity index (χ3n) is 5.38. The van der Waals surface area contributed by atoms with E-state index in [1.165, 1.54) is 6.07 Å². The van der Waals surface area contributed by atoms with Gasteiger partial charge < -0.3 is 4.74 Å². The van der Waals surface area contributed by atoms with E-state index in [0.29, 0.717) is 16.7 Å². The van der Waals surface area contributed by atoms with Gasteiger partial charge in [0, 0.05) is 11.1 Å². The minimum Gasteiger partial charge on any atom is -0.486 e. The molecule has 2 aliphatic rings. The van der Waals surface area contributed by atoms with Gasteiger partial charge in [0.05, 0.1) is 49.2 Å². The maximum absolute atomic E-state index is 14.4. The molecule has 32 heavy (non-hydrogen) atoms. The van der Waals surface area contributed by atoms with E-state index in [4.69, 9.17) is 27.9 Å². The average Bonchev–Trinajstić information content (AvgIpc) is 2.99. The Morgan fingerprint density at radius 3 is 2.22 bits per heavy atom. The molecule has 2 atom stereocenters. The number of carbonyl (C=O) groups is 2. The molecule has 2 aliphatic heterocycles. The standard InChI is InChI=1S/C23H14Cl2FNO4S/c24-17-6-3-7-18(25)20(17)16-8-12(26)9-19-21(16)31-13(11-32(19)30)10-27-22(28)14-4-1-2-5-15(14)23(27)29/h1-9,13H,10-11H2. The summed E-state index contributed by atoms with van der Waals surface area (Å²) in [6.45, 7) is -0.0927. The Hall–Kier alpha value is -2.74. The summed E-state index contributed by atoms with van der Waals surface area (Å²) in [4.78, 5) is 26.7. The Bertz CT molecular complexity index is 1270. The maximum Gasteiger partial charge on any atom is 0.261 e. The number of carbonyl (C=O) groups excluding carboxylic acids is 2. The predicted molar refractivity (Wildman–Crippen MR) is 119 cm³/mol. The van der Waals surface area contributed by atoms with Crippen molar-refractivity contribution in [3.63, 3.8) is 0 Å². The highest BCUT2D eigenvalue weighted by Crippen LogP contribution is 2.44. The molecular weight excluding hydrogens is 476 g/mol. The van der Waals surface area contributed by atoms with E-state index < -0.39 is 34.5 Å². The Morgan fingerprint density at radius 2 is 1.59 bits per heavy atom. The van der Waals surface area contributed by atoms with Gasteiger partial charge in [0.2, 0.25) is 0 Å². The topological polar surface area (TPSA) is 63.7 Å². The molecule has 2 unspecified atom stereocenters. The third kappa shape index (κ3) is 3.41. The number of ether oxygens (including phenoxy) is 1. The van der Waals surface area contributed by atoms with Gasteiger partial charge in [0.15, 0.2) is 0 Å². The number of imide groups is 1. The number of hydrogen-bond acceptors (Lipinski definition) is 4. The second-order valence-electron chi connectivity index (χ2n) is 7.40. The number of benzene rings is 3. The van der Waals surface area contributed by atoms with Gasteiger partial charge in [-0.3, -0.25) is 18.7 Å². The molecular formula is C23H14Cl2FNO4S. The highest BCUT2D eigenvalue weighted by atomic mass is 35.5. The highest BCUT2D eigenvalue weighted by Gasteiger charge is 2.39. The Labute approximate surface area is 195 Å². The minimum atomic E-state index is -1.63. The Balaban J connectivity index is 1.52. The molecule has 0 spiro atoms. The van der Waals surface area contributed by atoms with Crippen LogP contribution in [0.5, 0.6) is 5.75 Å². The van der Waals surface area contributed by atoms with Gasteiger partial charge in [-0.05, 0) is 36.4 Å². The number of nitrogens with zero attached hydrogens (tertiary/aromatic N) is 1. The van der Waals surface area contributed by atoms with Crippen molar-refractivity contribution in [1.82, 2.24) is 4.90 Å². The van der Waals surface area contributed by atoms with E-state index in [0.717, 1.165) is 11.0 Å². The molecule has 0 saturated carbocycles. The molecule has 0 radical (unpaired) electrons. The molecule has 5 rings (SSSR count). The smallest absolute Gasteiger partial charge is 0.261 e. The maximum atomic E-state index is 14.4. The van der Waals surface area contributed by atoms with Gasteiger partial charge in [-0.15, -0.1) is 0 Å². The monoisotopic (exact) mass is 489 g/mol. The van der Waals surface area contributed by atoms with E-state index >= 15 is 0 Å². The third-order valence-corrected chi connectivity index (χ3v) is 7.48. The van der Waals surface area contributed by atoms with Crippen molar-refractivity contribution in [2.75, 3.05) is 12.3 Å². The molecule has 0 aromatic heterocycles. The van der Waals surface area contributed by atoms with Crippen molar-refractivity contribution in [1.29, 1.82) is 0 Å². The first-order chi connectivity index (χ1) is 15.3. The largest absolute Gasteiger partial charge is 0.486 e. The predicted octanol–water partition coefficient (Wildman–Crippen LogP) is 4.96. The van der Waals surface area contributed by atoms with Crippen LogP contribution in [0.15, 0.2) is 59.5 Å². The lowest BCUT2D eigenvalue weighted by molar-refractivity contribution is 0.0582. The Kier molecular flexibility index (Phi) is 5.28. The molecule has 9 heteroatoms. The number of rotatable bonds is 3. The fourth-order valence-electron chi connectivity index (χ4n) is 3.96. The van der Waals surface area contributed by atoms with Crippen LogP contribution >= 0.6 is 23.2 Å². The number of halogens is 3. The number of amides is 2. The van der Waals surface area contributed by atoms with Crippen LogP contribution in [0.1, 0.15) is 20.7 Å². The van der Waals surface area contributed by atoms with Crippen LogP contribution in [-0.4, -0.2) is 39.3 Å². The van der Waals surface area contributed by atoms with E-state index in [-0.39, 0.29) is 38.6 Å². The first-order valence-electron chi connectivity index (χ1n) is 9.63. The zero-order valence-electron chi connectivity index (χ0n) is 16.3. The zero-order valence-corrected chi connectivity index (χ0v) is 18.6. The van der Waals surface area contributed by atoms with E-state index in [1.807, 2.05) is 0 Å². The molecule has 5 nitrogen and oxygen atoms in total. The van der Waals surface area contributed by atoms with Gasteiger partial charge in [-0.25, -0.2) is 4.39 Å². The fourth-order valence-corrected chi connectivity index (χ4v) is 5.86. The van der Waals surface area contributed by atoms with Gasteiger partial charge in [-0.2, -0.15) is 0 Å². The van der Waals surface area contributed by atoms with E-state index in [1.54, 1.807) is 42.5 Å². The first-order valence-corrected chi connectivity index (χ1v) is 11.7. The molecule has 0 fully saturated rings. The quantitative estimate of drug-likeness (QED) is 0.487. The van der Waals surface area contributed by atoms with Gasteiger partial charge in [-0.1, -0.05) is 41.4 Å². The molecule has 2 amide bonds. The summed E-state index contributed by atoms with van der Waals surface area (Å²) in [5.41, 5.74) is 1.25. The molecule has 3 aromatic rings. The van der Waals surface area contributed by atoms with Crippen molar-refractivity contribution in [3.8, 4) is 16.9 Å². The van der Waals surface area contributed by atoms with Gasteiger partial charge in [0.25, 0.3) is 11.8 Å². The number of fused-ring (bicyclic) bond motifs is 2. The fraction of sp³-hybridized carbons (Fsp3) is 0.130. The lowest BCUT2D eigenvalue weighted by Gasteiger charge is -2.30. The molecule has 0 N–H and O–H groups in total. The second-order valence-corrected chi connectivity index (χ2v) is 9.67. The van der Waals surface area contributed by atoms with Crippen LogP contribution in [0.4, 0.5) is 4.39 Å². The van der Waals surface area contributed by atoms with Crippen molar-refractivity contribution in [2.24, 2.45) is 0 Å². The normalized spacial score (nSPS) is 19.5. The van der Waals surface area contributed by atoms with Crippen LogP contribution in [0.25, 0.3) is 11.1 Å². The Morgan fingerprint density at radius 1 is 0.969 bits per heavy atom. The summed E-state index contributed by atoms with van der Waals surface area (Å²) in [5.74, 6) is -1.30. The summed E-state index contributed by atoms with van der Waals surface area (Å²) in [5, 5.41) is 0.560. The zero-order chi connectivity index (χ0) is 22.6. The van der Waals surface area contributed by atoms with Crippen LogP contribution < -0.4 is 4.74 Å². The molecule has 2 heterocycles. The minimum absolute atomic E-state index is 0.000444. The van der Waals surface area contributed by atoms with E-state index in [9.17, 15) is 18.2 Å². The van der Waals surface area contributed by atoms with Crippen LogP contribution in [0, 0.1) is 5.82 Å². The molecule has 3 aromatic carbocycles. The van der Waals surface area contributed by atoms with Crippen LogP contribution in [0.2, 0.25) is 10.0 Å². The number of hydrogen-bond donors (Lipinski definition) is 0. The highest BCUT2D eigenvalue weighted by molar-refractivity contribution is 7.85. The van der Waals surface area contributed by atoms with Crippen molar-refractivity contribution in [2.45, 2.75) is 11.0 Å². The first kappa shape index (κ1) is 21.1. The van der Waals surface area contributed by atoms with Crippen molar-refractivity contribution in [3.05, 3.63) is 81.6 Å². The molecule has 0 saturated heterocycles. The van der Waals surface area contributed by atoms with Crippen LogP contribution in [-0.2, 0) is 10.8 Å². The van der Waals surface area contributed by atoms with Gasteiger partial charge in [0.1, 0.15) is 17.7 Å². The van der Waals surface area contributed by atoms with Crippen molar-refractivity contribution >= 4 is 45.8 Å². The second kappa shape index (κ2) is 7.99. The molecule has 162 valence electrons. The SMILES string of the molecule is O=C1c2ccccc2C(=O)N1CC1CS(=O)c2cc(F)cc(-c3c(Cl)cccc3Cl)c2O1. The summed E-state index contributed by atoms with van der Waals surface area (Å²) < 4.78 is 33.4. The lowest BCUT2D eigenvalue weighted by atomic mass is 10.0. The summed E-state index contributed by atoms with van der Waals surface area (Å²) in [6, 6.07) is 13.8.